The van der Waals surface area contributed by atoms with E-state index in [0.29, 0.717) is 0 Å². The number of nitrogens with zero attached hydrogens (tertiary/aromatic N) is 2. The van der Waals surface area contributed by atoms with Gasteiger partial charge in [-0.2, -0.15) is 0 Å². The molecule has 4 nitrogen and oxygen atoms in total. The average Bonchev–Trinajstić information content (AvgIpc) is 2.44. The van der Waals surface area contributed by atoms with Crippen molar-refractivity contribution in [2.45, 2.75) is 19.0 Å². The van der Waals surface area contributed by atoms with E-state index >= 15 is 0 Å². The summed E-state index contributed by atoms with van der Waals surface area (Å²) in [4.78, 5) is 8.86. The van der Waals surface area contributed by atoms with E-state index in [9.17, 15) is 0 Å². The third-order valence-electron chi connectivity index (χ3n) is 2.78. The maximum Gasteiger partial charge on any atom is 0.191 e. The normalized spacial score (nSPS) is 10.4. The molecule has 0 spiro atoms. The van der Waals surface area contributed by atoms with Crippen molar-refractivity contribution in [1.29, 1.82) is 0 Å². The fraction of sp³-hybridized carbons (Fsp3) is 0.286. The minimum absolute atomic E-state index is 0.727. The van der Waals surface area contributed by atoms with Crippen molar-refractivity contribution in [2.24, 2.45) is 0 Å². The number of benzene rings is 1. The maximum atomic E-state index is 6.13. The second-order valence-corrected chi connectivity index (χ2v) is 5.37. The van der Waals surface area contributed by atoms with Crippen molar-refractivity contribution < 1.29 is 0 Å². The fourth-order valence-corrected chi connectivity index (χ4v) is 2.29. The summed E-state index contributed by atoms with van der Waals surface area (Å²) >= 11 is 7.64. The summed E-state index contributed by atoms with van der Waals surface area (Å²) in [6.07, 6.45) is 1.96. The zero-order chi connectivity index (χ0) is 14.5. The van der Waals surface area contributed by atoms with E-state index in [1.807, 2.05) is 44.4 Å². The van der Waals surface area contributed by atoms with E-state index in [2.05, 4.69) is 20.6 Å². The Morgan fingerprint density at radius 3 is 2.70 bits per heavy atom. The van der Waals surface area contributed by atoms with Crippen molar-refractivity contribution >= 4 is 40.7 Å². The molecule has 0 amide bonds. The van der Waals surface area contributed by atoms with Gasteiger partial charge in [-0.05, 0) is 37.8 Å². The van der Waals surface area contributed by atoms with Gasteiger partial charge in [0.05, 0.1) is 0 Å². The Kier molecular flexibility index (Phi) is 5.09. The first kappa shape index (κ1) is 14.9. The summed E-state index contributed by atoms with van der Waals surface area (Å²) in [6, 6.07) is 7.66. The largest absolute Gasteiger partial charge is 0.370 e. The summed E-state index contributed by atoms with van der Waals surface area (Å²) in [7, 11) is 0. The molecule has 2 aromatic rings. The van der Waals surface area contributed by atoms with Crippen LogP contribution >= 0.6 is 23.4 Å². The van der Waals surface area contributed by atoms with Crippen LogP contribution in [-0.2, 0) is 0 Å². The number of halogens is 1. The molecule has 6 heteroatoms. The van der Waals surface area contributed by atoms with Gasteiger partial charge >= 0.3 is 0 Å². The Hall–Kier alpha value is -1.46. The van der Waals surface area contributed by atoms with Crippen molar-refractivity contribution in [2.75, 3.05) is 23.4 Å². The first-order chi connectivity index (χ1) is 9.63. The molecule has 0 saturated heterocycles. The van der Waals surface area contributed by atoms with Crippen LogP contribution in [-0.4, -0.2) is 22.8 Å². The van der Waals surface area contributed by atoms with Gasteiger partial charge in [0.15, 0.2) is 5.16 Å². The molecule has 20 heavy (non-hydrogen) atoms. The van der Waals surface area contributed by atoms with E-state index < -0.39 is 0 Å². The molecular formula is C14H17ClN4S. The van der Waals surface area contributed by atoms with E-state index in [0.717, 1.165) is 39.6 Å². The maximum absolute atomic E-state index is 6.13. The highest BCUT2D eigenvalue weighted by Crippen LogP contribution is 2.27. The number of aromatic nitrogens is 2. The molecule has 0 fully saturated rings. The van der Waals surface area contributed by atoms with Crippen LogP contribution in [0.25, 0.3) is 0 Å². The first-order valence-corrected chi connectivity index (χ1v) is 7.93. The van der Waals surface area contributed by atoms with E-state index in [-0.39, 0.29) is 0 Å². The molecule has 106 valence electrons. The van der Waals surface area contributed by atoms with Gasteiger partial charge in [0.1, 0.15) is 11.6 Å². The second-order valence-electron chi connectivity index (χ2n) is 4.19. The van der Waals surface area contributed by atoms with Gasteiger partial charge in [-0.15, -0.1) is 0 Å². The van der Waals surface area contributed by atoms with E-state index in [1.54, 1.807) is 0 Å². The lowest BCUT2D eigenvalue weighted by atomic mass is 10.2. The summed E-state index contributed by atoms with van der Waals surface area (Å²) < 4.78 is 0. The zero-order valence-electron chi connectivity index (χ0n) is 11.7. The van der Waals surface area contributed by atoms with Crippen molar-refractivity contribution in [3.8, 4) is 0 Å². The Labute approximate surface area is 128 Å². The molecule has 1 aromatic heterocycles. The standard InChI is InChI=1S/C14H17ClN4S/c1-4-16-12-8-13(19-14(18-12)20-3)17-11-7-5-6-10(15)9(11)2/h5-8H,4H2,1-3H3,(H2,16,17,18,19). The molecule has 0 radical (unpaired) electrons. The lowest BCUT2D eigenvalue weighted by Gasteiger charge is -2.12. The van der Waals surface area contributed by atoms with Gasteiger partial charge in [0.25, 0.3) is 0 Å². The van der Waals surface area contributed by atoms with E-state index in [1.165, 1.54) is 11.8 Å². The molecule has 1 aromatic carbocycles. The van der Waals surface area contributed by atoms with Crippen LogP contribution in [0.5, 0.6) is 0 Å². The number of hydrogen-bond acceptors (Lipinski definition) is 5. The topological polar surface area (TPSA) is 49.8 Å². The molecule has 0 bridgehead atoms. The molecule has 1 heterocycles. The molecule has 0 aliphatic heterocycles. The third kappa shape index (κ3) is 3.55. The molecule has 2 rings (SSSR count). The summed E-state index contributed by atoms with van der Waals surface area (Å²) in [5.41, 5.74) is 1.95. The van der Waals surface area contributed by atoms with Crippen LogP contribution in [0, 0.1) is 6.92 Å². The first-order valence-electron chi connectivity index (χ1n) is 6.33. The Morgan fingerprint density at radius 1 is 1.25 bits per heavy atom. The van der Waals surface area contributed by atoms with Crippen molar-refractivity contribution in [3.63, 3.8) is 0 Å². The SMILES string of the molecule is CCNc1cc(Nc2cccc(Cl)c2C)nc(SC)n1. The Morgan fingerprint density at radius 2 is 2.00 bits per heavy atom. The Balaban J connectivity index is 2.32. The number of thioether (sulfide) groups is 1. The minimum atomic E-state index is 0.727. The quantitative estimate of drug-likeness (QED) is 0.636. The third-order valence-corrected chi connectivity index (χ3v) is 3.73. The zero-order valence-corrected chi connectivity index (χ0v) is 13.3. The molecule has 0 atom stereocenters. The molecule has 0 saturated carbocycles. The summed E-state index contributed by atoms with van der Waals surface area (Å²) in [6.45, 7) is 4.84. The number of anilines is 3. The lowest BCUT2D eigenvalue weighted by Crippen LogP contribution is -2.04. The van der Waals surface area contributed by atoms with Gasteiger partial charge < -0.3 is 10.6 Å². The lowest BCUT2D eigenvalue weighted by molar-refractivity contribution is 0.967. The van der Waals surface area contributed by atoms with Gasteiger partial charge in [-0.25, -0.2) is 9.97 Å². The van der Waals surface area contributed by atoms with Crippen LogP contribution in [0.15, 0.2) is 29.4 Å². The van der Waals surface area contributed by atoms with Gasteiger partial charge in [-0.1, -0.05) is 29.4 Å². The molecule has 0 unspecified atom stereocenters. The second kappa shape index (κ2) is 6.81. The smallest absolute Gasteiger partial charge is 0.191 e. The van der Waals surface area contributed by atoms with Crippen LogP contribution in [0.4, 0.5) is 17.3 Å². The van der Waals surface area contributed by atoms with E-state index in [4.69, 9.17) is 11.6 Å². The number of hydrogen-bond donors (Lipinski definition) is 2. The van der Waals surface area contributed by atoms with Crippen LogP contribution in [0.2, 0.25) is 5.02 Å². The monoisotopic (exact) mass is 308 g/mol. The minimum Gasteiger partial charge on any atom is -0.370 e. The Bertz CT molecular complexity index is 604. The summed E-state index contributed by atoms with van der Waals surface area (Å²) in [5, 5.41) is 7.97. The molecule has 0 aliphatic carbocycles. The van der Waals surface area contributed by atoms with Crippen LogP contribution < -0.4 is 10.6 Å². The van der Waals surface area contributed by atoms with Gasteiger partial charge in [0.2, 0.25) is 0 Å². The highest BCUT2D eigenvalue weighted by Gasteiger charge is 2.06. The predicted octanol–water partition coefficient (Wildman–Crippen LogP) is 4.34. The van der Waals surface area contributed by atoms with Gasteiger partial charge in [-0.3, -0.25) is 0 Å². The van der Waals surface area contributed by atoms with Crippen molar-refractivity contribution in [3.05, 3.63) is 34.9 Å². The fourth-order valence-electron chi connectivity index (χ4n) is 1.73. The van der Waals surface area contributed by atoms with Gasteiger partial charge in [0, 0.05) is 23.3 Å². The van der Waals surface area contributed by atoms with Crippen LogP contribution in [0.1, 0.15) is 12.5 Å². The number of rotatable bonds is 5. The highest BCUT2D eigenvalue weighted by atomic mass is 35.5. The summed E-state index contributed by atoms with van der Waals surface area (Å²) in [5.74, 6) is 1.57. The predicted molar refractivity (Wildman–Crippen MR) is 87.4 cm³/mol. The number of nitrogens with one attached hydrogen (secondary N) is 2. The molecule has 0 aliphatic rings. The van der Waals surface area contributed by atoms with Crippen molar-refractivity contribution in [1.82, 2.24) is 9.97 Å². The average molecular weight is 309 g/mol. The molecule has 2 N–H and O–H groups in total. The van der Waals surface area contributed by atoms with Crippen LogP contribution in [0.3, 0.4) is 0 Å². The molecular weight excluding hydrogens is 292 g/mol. The highest BCUT2D eigenvalue weighted by molar-refractivity contribution is 7.98.